The first-order valence-corrected chi connectivity index (χ1v) is 16.0. The van der Waals surface area contributed by atoms with E-state index in [9.17, 15) is 22.4 Å². The van der Waals surface area contributed by atoms with Crippen LogP contribution in [0.2, 0.25) is 0 Å². The van der Waals surface area contributed by atoms with Gasteiger partial charge in [0.2, 0.25) is 11.8 Å². The van der Waals surface area contributed by atoms with Crippen molar-refractivity contribution in [3.8, 4) is 5.75 Å². The zero-order chi connectivity index (χ0) is 32.6. The van der Waals surface area contributed by atoms with Crippen molar-refractivity contribution in [1.29, 1.82) is 0 Å². The molecule has 0 bridgehead atoms. The van der Waals surface area contributed by atoms with Gasteiger partial charge in [-0.15, -0.1) is 0 Å². The minimum absolute atomic E-state index is 0.000879. The standard InChI is InChI=1S/C35H38FN3O5S/c1-25(2)37-35(41)33(22-27-9-6-5-7-10-27)38(23-28-11-8-12-31(21-28)44-4)34(40)24-39(30-17-15-29(36)16-18-30)45(42,43)32-19-13-26(3)14-20-32/h5-21,25,33H,22-24H2,1-4H3,(H,37,41)/t33-/m1/s1. The number of nitrogens with one attached hydrogen (secondary N) is 1. The van der Waals surface area contributed by atoms with Gasteiger partial charge in [-0.1, -0.05) is 60.2 Å². The summed E-state index contributed by atoms with van der Waals surface area (Å²) in [5, 5.41) is 2.93. The Morgan fingerprint density at radius 1 is 0.867 bits per heavy atom. The summed E-state index contributed by atoms with van der Waals surface area (Å²) in [6.07, 6.45) is 0.191. The highest BCUT2D eigenvalue weighted by Crippen LogP contribution is 2.26. The number of sulfonamides is 1. The van der Waals surface area contributed by atoms with Crippen LogP contribution in [0.4, 0.5) is 10.1 Å². The Hall–Kier alpha value is -4.70. The highest BCUT2D eigenvalue weighted by molar-refractivity contribution is 7.92. The van der Waals surface area contributed by atoms with Gasteiger partial charge >= 0.3 is 0 Å². The van der Waals surface area contributed by atoms with Gasteiger partial charge in [-0.2, -0.15) is 0 Å². The summed E-state index contributed by atoms with van der Waals surface area (Å²) >= 11 is 0. The van der Waals surface area contributed by atoms with Gasteiger partial charge in [0.25, 0.3) is 10.0 Å². The molecule has 4 aromatic rings. The van der Waals surface area contributed by atoms with Gasteiger partial charge in [-0.3, -0.25) is 13.9 Å². The first-order valence-electron chi connectivity index (χ1n) is 14.6. The number of nitrogens with zero attached hydrogens (tertiary/aromatic N) is 2. The largest absolute Gasteiger partial charge is 0.497 e. The van der Waals surface area contributed by atoms with Crippen LogP contribution in [0.3, 0.4) is 0 Å². The van der Waals surface area contributed by atoms with Crippen molar-refractivity contribution in [2.45, 2.75) is 50.7 Å². The van der Waals surface area contributed by atoms with Gasteiger partial charge in [0, 0.05) is 19.0 Å². The van der Waals surface area contributed by atoms with E-state index >= 15 is 0 Å². The molecule has 45 heavy (non-hydrogen) atoms. The molecule has 1 atom stereocenters. The lowest BCUT2D eigenvalue weighted by atomic mass is 10.0. The van der Waals surface area contributed by atoms with Crippen LogP contribution < -0.4 is 14.4 Å². The topological polar surface area (TPSA) is 96.0 Å². The Balaban J connectivity index is 1.81. The summed E-state index contributed by atoms with van der Waals surface area (Å²) in [6, 6.07) is 26.4. The molecule has 4 rings (SSSR count). The predicted molar refractivity (Wildman–Crippen MR) is 173 cm³/mol. The molecule has 0 fully saturated rings. The summed E-state index contributed by atoms with van der Waals surface area (Å²) in [4.78, 5) is 29.6. The van der Waals surface area contributed by atoms with Crippen molar-refractivity contribution in [3.05, 3.63) is 126 Å². The molecular weight excluding hydrogens is 593 g/mol. The molecular formula is C35H38FN3O5S. The van der Waals surface area contributed by atoms with E-state index in [1.807, 2.05) is 57.2 Å². The maximum Gasteiger partial charge on any atom is 0.264 e. The normalized spacial score (nSPS) is 12.0. The minimum Gasteiger partial charge on any atom is -0.497 e. The second kappa shape index (κ2) is 14.9. The van der Waals surface area contributed by atoms with E-state index in [-0.39, 0.29) is 35.5 Å². The smallest absolute Gasteiger partial charge is 0.264 e. The molecule has 4 aromatic carbocycles. The van der Waals surface area contributed by atoms with Crippen LogP contribution >= 0.6 is 0 Å². The Bertz CT molecular complexity index is 1700. The van der Waals surface area contributed by atoms with Crippen LogP contribution in [0.25, 0.3) is 0 Å². The zero-order valence-electron chi connectivity index (χ0n) is 25.8. The van der Waals surface area contributed by atoms with Crippen LogP contribution in [0.15, 0.2) is 108 Å². The lowest BCUT2D eigenvalue weighted by Crippen LogP contribution is -2.54. The van der Waals surface area contributed by atoms with E-state index in [1.165, 1.54) is 36.3 Å². The van der Waals surface area contributed by atoms with Gasteiger partial charge in [0.05, 0.1) is 17.7 Å². The fourth-order valence-electron chi connectivity index (χ4n) is 4.88. The number of hydrogen-bond acceptors (Lipinski definition) is 5. The Morgan fingerprint density at radius 2 is 1.51 bits per heavy atom. The van der Waals surface area contributed by atoms with E-state index in [0.717, 1.165) is 27.6 Å². The molecule has 0 heterocycles. The first-order chi connectivity index (χ1) is 21.5. The number of carbonyl (C=O) groups excluding carboxylic acids is 2. The maximum absolute atomic E-state index is 14.4. The summed E-state index contributed by atoms with van der Waals surface area (Å²) in [7, 11) is -2.74. The van der Waals surface area contributed by atoms with Crippen molar-refractivity contribution >= 4 is 27.5 Å². The molecule has 0 radical (unpaired) electrons. The fourth-order valence-corrected chi connectivity index (χ4v) is 6.29. The van der Waals surface area contributed by atoms with Crippen LogP contribution in [0, 0.1) is 12.7 Å². The van der Waals surface area contributed by atoms with Crippen molar-refractivity contribution in [1.82, 2.24) is 10.2 Å². The molecule has 2 amide bonds. The molecule has 0 saturated carbocycles. The molecule has 1 N–H and O–H groups in total. The summed E-state index contributed by atoms with van der Waals surface area (Å²) in [5.41, 5.74) is 2.49. The third-order valence-electron chi connectivity index (χ3n) is 7.19. The number of aryl methyl sites for hydroxylation is 1. The molecule has 0 saturated heterocycles. The lowest BCUT2D eigenvalue weighted by Gasteiger charge is -2.34. The number of ether oxygens (including phenoxy) is 1. The SMILES string of the molecule is COc1cccc(CN(C(=O)CN(c2ccc(F)cc2)S(=O)(=O)c2ccc(C)cc2)[C@H](Cc2ccccc2)C(=O)NC(C)C)c1. The molecule has 0 aromatic heterocycles. The van der Waals surface area contributed by atoms with E-state index in [0.29, 0.717) is 11.3 Å². The van der Waals surface area contributed by atoms with Crippen molar-refractivity contribution in [2.75, 3.05) is 18.0 Å². The fraction of sp³-hybridized carbons (Fsp3) is 0.257. The molecule has 0 unspecified atom stereocenters. The minimum atomic E-state index is -4.28. The number of halogens is 1. The van der Waals surface area contributed by atoms with Gasteiger partial charge in [-0.05, 0) is 80.4 Å². The average Bonchev–Trinajstić information content (AvgIpc) is 3.02. The molecule has 0 aliphatic rings. The quantitative estimate of drug-likeness (QED) is 0.210. The monoisotopic (exact) mass is 631 g/mol. The summed E-state index contributed by atoms with van der Waals surface area (Å²) < 4.78 is 48.3. The van der Waals surface area contributed by atoms with E-state index in [1.54, 1.807) is 30.3 Å². The number of carbonyl (C=O) groups is 2. The van der Waals surface area contributed by atoms with Crippen LogP contribution in [0.5, 0.6) is 5.75 Å². The van der Waals surface area contributed by atoms with Crippen LogP contribution in [-0.2, 0) is 32.6 Å². The van der Waals surface area contributed by atoms with Crippen molar-refractivity contribution < 1.29 is 27.1 Å². The molecule has 10 heteroatoms. The van der Waals surface area contributed by atoms with Gasteiger partial charge in [0.15, 0.2) is 0 Å². The number of benzene rings is 4. The van der Waals surface area contributed by atoms with Gasteiger partial charge in [-0.25, -0.2) is 12.8 Å². The number of rotatable bonds is 13. The average molecular weight is 632 g/mol. The highest BCUT2D eigenvalue weighted by Gasteiger charge is 2.35. The number of hydrogen-bond donors (Lipinski definition) is 1. The summed E-state index contributed by atoms with van der Waals surface area (Å²) in [5.74, 6) is -0.968. The van der Waals surface area contributed by atoms with E-state index in [2.05, 4.69) is 5.32 Å². The molecule has 0 aliphatic heterocycles. The molecule has 8 nitrogen and oxygen atoms in total. The lowest BCUT2D eigenvalue weighted by molar-refractivity contribution is -0.140. The highest BCUT2D eigenvalue weighted by atomic mass is 32.2. The molecule has 0 aliphatic carbocycles. The Morgan fingerprint density at radius 3 is 2.13 bits per heavy atom. The van der Waals surface area contributed by atoms with E-state index < -0.39 is 34.3 Å². The van der Waals surface area contributed by atoms with Crippen molar-refractivity contribution in [2.24, 2.45) is 0 Å². The predicted octanol–water partition coefficient (Wildman–Crippen LogP) is 5.50. The number of methoxy groups -OCH3 is 1. The number of anilines is 1. The Kier molecular flexibility index (Phi) is 11.0. The zero-order valence-corrected chi connectivity index (χ0v) is 26.6. The van der Waals surface area contributed by atoms with Crippen LogP contribution in [-0.4, -0.2) is 50.9 Å². The maximum atomic E-state index is 14.4. The first kappa shape index (κ1) is 33.2. The number of amides is 2. The molecule has 0 spiro atoms. The van der Waals surface area contributed by atoms with Crippen molar-refractivity contribution in [3.63, 3.8) is 0 Å². The third kappa shape index (κ3) is 8.69. The Labute approximate surface area is 264 Å². The third-order valence-corrected chi connectivity index (χ3v) is 8.98. The molecule has 236 valence electrons. The van der Waals surface area contributed by atoms with Gasteiger partial charge < -0.3 is 15.0 Å². The van der Waals surface area contributed by atoms with Crippen LogP contribution in [0.1, 0.15) is 30.5 Å². The van der Waals surface area contributed by atoms with E-state index in [4.69, 9.17) is 4.74 Å². The second-order valence-electron chi connectivity index (χ2n) is 11.0. The summed E-state index contributed by atoms with van der Waals surface area (Å²) in [6.45, 7) is 4.86. The second-order valence-corrected chi connectivity index (χ2v) is 12.9. The van der Waals surface area contributed by atoms with Gasteiger partial charge in [0.1, 0.15) is 24.2 Å².